The van der Waals surface area contributed by atoms with Crippen molar-refractivity contribution in [2.24, 2.45) is 5.92 Å². The molecule has 1 aliphatic heterocycles. The lowest BCUT2D eigenvalue weighted by Crippen LogP contribution is -2.28. The van der Waals surface area contributed by atoms with Gasteiger partial charge in [0.2, 0.25) is 11.8 Å². The lowest BCUT2D eigenvalue weighted by atomic mass is 10.1. The van der Waals surface area contributed by atoms with Crippen LogP contribution in [0.15, 0.2) is 47.4 Å². The standard InChI is InChI=1S/C20H19F2N3O3S/c1-24(2)20(28)29-17-6-4-3-5-16(17)23-19(27)12-7-18(26)25(11-12)15-9-13(21)8-14(22)10-15/h3-6,8-10,12H,7,11H2,1-2H3,(H,23,27). The van der Waals surface area contributed by atoms with E-state index in [1.165, 1.54) is 9.80 Å². The second-order valence-electron chi connectivity index (χ2n) is 6.78. The van der Waals surface area contributed by atoms with E-state index in [-0.39, 0.29) is 29.8 Å². The summed E-state index contributed by atoms with van der Waals surface area (Å²) in [5, 5.41) is 2.56. The molecule has 1 unspecified atom stereocenters. The lowest BCUT2D eigenvalue weighted by molar-refractivity contribution is -0.122. The topological polar surface area (TPSA) is 69.7 Å². The summed E-state index contributed by atoms with van der Waals surface area (Å²) in [5.74, 6) is -3.06. The van der Waals surface area contributed by atoms with Gasteiger partial charge in [-0.05, 0) is 36.0 Å². The summed E-state index contributed by atoms with van der Waals surface area (Å²) in [6.07, 6.45) is -0.0735. The number of carbonyl (C=O) groups excluding carboxylic acids is 3. The number of hydrogen-bond donors (Lipinski definition) is 1. The van der Waals surface area contributed by atoms with Gasteiger partial charge in [-0.2, -0.15) is 0 Å². The highest BCUT2D eigenvalue weighted by atomic mass is 32.2. The maximum atomic E-state index is 13.5. The summed E-state index contributed by atoms with van der Waals surface area (Å²) in [5.41, 5.74) is 0.538. The Kier molecular flexibility index (Phi) is 6.17. The smallest absolute Gasteiger partial charge is 0.286 e. The number of halogens is 2. The first-order chi connectivity index (χ1) is 13.7. The van der Waals surface area contributed by atoms with E-state index in [4.69, 9.17) is 0 Å². The zero-order valence-corrected chi connectivity index (χ0v) is 16.6. The van der Waals surface area contributed by atoms with Crippen molar-refractivity contribution in [3.8, 4) is 0 Å². The first-order valence-electron chi connectivity index (χ1n) is 8.80. The molecule has 3 rings (SSSR count). The fourth-order valence-electron chi connectivity index (χ4n) is 2.91. The second-order valence-corrected chi connectivity index (χ2v) is 7.77. The fraction of sp³-hybridized carbons (Fsp3) is 0.250. The highest BCUT2D eigenvalue weighted by Gasteiger charge is 2.35. The van der Waals surface area contributed by atoms with E-state index in [0.717, 1.165) is 30.0 Å². The van der Waals surface area contributed by atoms with Crippen LogP contribution in [0, 0.1) is 17.6 Å². The minimum atomic E-state index is -0.794. The van der Waals surface area contributed by atoms with Gasteiger partial charge < -0.3 is 15.1 Å². The van der Waals surface area contributed by atoms with Gasteiger partial charge in [-0.1, -0.05) is 12.1 Å². The molecule has 0 radical (unpaired) electrons. The summed E-state index contributed by atoms with van der Waals surface area (Å²) in [6.45, 7) is 0.0134. The summed E-state index contributed by atoms with van der Waals surface area (Å²) < 4.78 is 26.9. The summed E-state index contributed by atoms with van der Waals surface area (Å²) in [7, 11) is 3.26. The van der Waals surface area contributed by atoms with E-state index in [1.807, 2.05) is 0 Å². The number of anilines is 2. The molecule has 0 bridgehead atoms. The van der Waals surface area contributed by atoms with Gasteiger partial charge in [0.05, 0.1) is 11.6 Å². The SMILES string of the molecule is CN(C)C(=O)Sc1ccccc1NC(=O)C1CC(=O)N(c2cc(F)cc(F)c2)C1. The van der Waals surface area contributed by atoms with Gasteiger partial charge in [0, 0.05) is 43.7 Å². The monoisotopic (exact) mass is 419 g/mol. The Morgan fingerprint density at radius 1 is 1.14 bits per heavy atom. The van der Waals surface area contributed by atoms with E-state index in [0.29, 0.717) is 10.6 Å². The van der Waals surface area contributed by atoms with Gasteiger partial charge in [0.25, 0.3) is 5.24 Å². The zero-order valence-electron chi connectivity index (χ0n) is 15.8. The Hall–Kier alpha value is -2.94. The van der Waals surface area contributed by atoms with Gasteiger partial charge >= 0.3 is 0 Å². The molecule has 0 saturated carbocycles. The number of benzene rings is 2. The molecule has 2 aromatic carbocycles. The van der Waals surface area contributed by atoms with Crippen LogP contribution in [-0.2, 0) is 9.59 Å². The van der Waals surface area contributed by atoms with Crippen molar-refractivity contribution in [1.29, 1.82) is 0 Å². The third-order valence-electron chi connectivity index (χ3n) is 4.36. The normalized spacial score (nSPS) is 16.1. The van der Waals surface area contributed by atoms with Crippen LogP contribution < -0.4 is 10.2 Å². The summed E-state index contributed by atoms with van der Waals surface area (Å²) in [6, 6.07) is 9.68. The average Bonchev–Trinajstić information content (AvgIpc) is 3.04. The first kappa shape index (κ1) is 20.8. The maximum Gasteiger partial charge on any atom is 0.286 e. The number of hydrogen-bond acceptors (Lipinski definition) is 4. The first-order valence-corrected chi connectivity index (χ1v) is 9.61. The van der Waals surface area contributed by atoms with Gasteiger partial charge in [-0.15, -0.1) is 0 Å². The molecule has 1 atom stereocenters. The minimum Gasteiger partial charge on any atom is -0.339 e. The fourth-order valence-corrected chi connectivity index (χ4v) is 3.65. The number of carbonyl (C=O) groups is 3. The molecule has 0 spiro atoms. The van der Waals surface area contributed by atoms with Crippen LogP contribution in [0.25, 0.3) is 0 Å². The van der Waals surface area contributed by atoms with Crippen LogP contribution in [0.4, 0.5) is 25.0 Å². The van der Waals surface area contributed by atoms with Crippen LogP contribution in [0.2, 0.25) is 0 Å². The molecule has 1 heterocycles. The van der Waals surface area contributed by atoms with Crippen LogP contribution in [0.5, 0.6) is 0 Å². The van der Waals surface area contributed by atoms with Crippen molar-refractivity contribution in [2.45, 2.75) is 11.3 Å². The van der Waals surface area contributed by atoms with Crippen molar-refractivity contribution in [3.05, 3.63) is 54.1 Å². The van der Waals surface area contributed by atoms with Crippen molar-refractivity contribution >= 4 is 40.2 Å². The Morgan fingerprint density at radius 3 is 2.45 bits per heavy atom. The van der Waals surface area contributed by atoms with Gasteiger partial charge in [0.15, 0.2) is 0 Å². The molecule has 1 N–H and O–H groups in total. The number of amides is 3. The van der Waals surface area contributed by atoms with Crippen molar-refractivity contribution in [1.82, 2.24) is 4.90 Å². The average molecular weight is 419 g/mol. The van der Waals surface area contributed by atoms with Crippen LogP contribution >= 0.6 is 11.8 Å². The third kappa shape index (κ3) is 4.92. The van der Waals surface area contributed by atoms with E-state index in [1.54, 1.807) is 38.4 Å². The largest absolute Gasteiger partial charge is 0.339 e. The molecule has 1 aliphatic rings. The van der Waals surface area contributed by atoms with E-state index >= 15 is 0 Å². The Labute approximate surface area is 170 Å². The molecule has 9 heteroatoms. The molecule has 1 fully saturated rings. The van der Waals surface area contributed by atoms with Gasteiger partial charge in [0.1, 0.15) is 11.6 Å². The molecule has 1 saturated heterocycles. The second kappa shape index (κ2) is 8.60. The van der Waals surface area contributed by atoms with Crippen LogP contribution in [-0.4, -0.2) is 42.6 Å². The van der Waals surface area contributed by atoms with E-state index in [2.05, 4.69) is 5.32 Å². The van der Waals surface area contributed by atoms with Crippen LogP contribution in [0.1, 0.15) is 6.42 Å². The quantitative estimate of drug-likeness (QED) is 0.767. The lowest BCUT2D eigenvalue weighted by Gasteiger charge is -2.17. The van der Waals surface area contributed by atoms with Gasteiger partial charge in [-0.25, -0.2) is 8.78 Å². The number of thioether (sulfide) groups is 1. The number of nitrogens with zero attached hydrogens (tertiary/aromatic N) is 2. The molecule has 6 nitrogen and oxygen atoms in total. The van der Waals surface area contributed by atoms with Crippen LogP contribution in [0.3, 0.4) is 0 Å². The molecule has 3 amide bonds. The number of para-hydroxylation sites is 1. The van der Waals surface area contributed by atoms with Gasteiger partial charge in [-0.3, -0.25) is 14.4 Å². The molecule has 0 aromatic heterocycles. The van der Waals surface area contributed by atoms with E-state index < -0.39 is 23.5 Å². The highest BCUT2D eigenvalue weighted by Crippen LogP contribution is 2.31. The minimum absolute atomic E-state index is 0.0134. The molecular weight excluding hydrogens is 400 g/mol. The summed E-state index contributed by atoms with van der Waals surface area (Å²) >= 11 is 0.976. The Morgan fingerprint density at radius 2 is 1.79 bits per heavy atom. The Balaban J connectivity index is 1.72. The predicted molar refractivity (Wildman–Crippen MR) is 107 cm³/mol. The van der Waals surface area contributed by atoms with Crippen molar-refractivity contribution < 1.29 is 23.2 Å². The van der Waals surface area contributed by atoms with Crippen molar-refractivity contribution in [3.63, 3.8) is 0 Å². The zero-order chi connectivity index (χ0) is 21.1. The number of nitrogens with one attached hydrogen (secondary N) is 1. The Bertz CT molecular complexity index is 947. The predicted octanol–water partition coefficient (Wildman–Crippen LogP) is 3.73. The molecule has 152 valence electrons. The number of rotatable bonds is 4. The third-order valence-corrected chi connectivity index (χ3v) is 5.48. The maximum absolute atomic E-state index is 13.5. The van der Waals surface area contributed by atoms with E-state index in [9.17, 15) is 23.2 Å². The molecule has 0 aliphatic carbocycles. The van der Waals surface area contributed by atoms with Crippen molar-refractivity contribution in [2.75, 3.05) is 30.9 Å². The molecule has 29 heavy (non-hydrogen) atoms. The highest BCUT2D eigenvalue weighted by molar-refractivity contribution is 8.13. The molecular formula is C20H19F2N3O3S. The summed E-state index contributed by atoms with van der Waals surface area (Å²) in [4.78, 5) is 40.2. The molecule has 2 aromatic rings.